The normalized spacial score (nSPS) is 10.1. The minimum absolute atomic E-state index is 0.0366. The molecular weight excluding hydrogens is 274 g/mol. The summed E-state index contributed by atoms with van der Waals surface area (Å²) >= 11 is 3.31. The number of nitrogens with two attached hydrogens (primary N) is 1. The number of nitrogens with one attached hydrogen (secondary N) is 1. The zero-order chi connectivity index (χ0) is 11.5. The fraction of sp³-hybridized carbons (Fsp3) is 0. The lowest BCUT2D eigenvalue weighted by atomic mass is 10.3. The Labute approximate surface area is 99.4 Å². The van der Waals surface area contributed by atoms with Crippen LogP contribution < -0.4 is 16.0 Å². The Morgan fingerprint density at radius 3 is 2.69 bits per heavy atom. The number of hydrogen-bond donors (Lipinski definition) is 2. The first-order valence-electron chi connectivity index (χ1n) is 4.43. The third-order valence-electron chi connectivity index (χ3n) is 1.88. The second kappa shape index (κ2) is 4.36. The lowest BCUT2D eigenvalue weighted by Gasteiger charge is -2.05. The maximum atomic E-state index is 11.2. The molecule has 1 aromatic heterocycles. The van der Waals surface area contributed by atoms with Gasteiger partial charge >= 0.3 is 0 Å². The number of H-pyrrole nitrogens is 1. The van der Waals surface area contributed by atoms with Gasteiger partial charge in [0.05, 0.1) is 6.33 Å². The van der Waals surface area contributed by atoms with E-state index in [0.29, 0.717) is 5.75 Å². The monoisotopic (exact) mass is 281 g/mol. The number of hydrogen-bond acceptors (Lipinski definition) is 4. The van der Waals surface area contributed by atoms with Gasteiger partial charge in [0.2, 0.25) is 5.88 Å². The third-order valence-corrected chi connectivity index (χ3v) is 2.41. The second-order valence-electron chi connectivity index (χ2n) is 3.01. The highest BCUT2D eigenvalue weighted by molar-refractivity contribution is 9.10. The number of anilines is 1. The van der Waals surface area contributed by atoms with Crippen LogP contribution in [-0.2, 0) is 0 Å². The number of nitrogens with zero attached hydrogens (tertiary/aromatic N) is 1. The van der Waals surface area contributed by atoms with Crippen molar-refractivity contribution < 1.29 is 4.74 Å². The summed E-state index contributed by atoms with van der Waals surface area (Å²) in [7, 11) is 0. The largest absolute Gasteiger partial charge is 0.437 e. The number of rotatable bonds is 2. The minimum atomic E-state index is -0.415. The van der Waals surface area contributed by atoms with Crippen LogP contribution in [0.5, 0.6) is 11.6 Å². The van der Waals surface area contributed by atoms with Crippen molar-refractivity contribution in [1.82, 2.24) is 9.97 Å². The molecule has 0 atom stereocenters. The van der Waals surface area contributed by atoms with Crippen molar-refractivity contribution in [2.24, 2.45) is 0 Å². The van der Waals surface area contributed by atoms with Gasteiger partial charge in [-0.25, -0.2) is 4.98 Å². The molecule has 16 heavy (non-hydrogen) atoms. The van der Waals surface area contributed by atoms with Crippen LogP contribution in [0.4, 0.5) is 5.69 Å². The van der Waals surface area contributed by atoms with Gasteiger partial charge in [-0.15, -0.1) is 0 Å². The maximum Gasteiger partial charge on any atom is 0.277 e. The van der Waals surface area contributed by atoms with Gasteiger partial charge in [-0.3, -0.25) is 4.79 Å². The molecule has 0 aliphatic rings. The van der Waals surface area contributed by atoms with E-state index in [1.165, 1.54) is 6.33 Å². The molecule has 2 aromatic rings. The second-order valence-corrected chi connectivity index (χ2v) is 3.92. The first-order chi connectivity index (χ1) is 7.66. The average molecular weight is 282 g/mol. The van der Waals surface area contributed by atoms with Gasteiger partial charge in [0.1, 0.15) is 5.75 Å². The number of nitrogen functional groups attached to an aromatic ring is 1. The molecule has 5 nitrogen and oxygen atoms in total. The summed E-state index contributed by atoms with van der Waals surface area (Å²) in [6, 6.07) is 7.12. The standard InChI is InChI=1S/C10H8BrN3O2/c11-6-1-3-7(4-2-6)16-10-8(12)9(15)13-5-14-10/h1-5H,12H2,(H,13,14,15). The van der Waals surface area contributed by atoms with Gasteiger partial charge in [-0.05, 0) is 24.3 Å². The molecule has 1 heterocycles. The topological polar surface area (TPSA) is 81.0 Å². The lowest BCUT2D eigenvalue weighted by Crippen LogP contribution is -2.13. The van der Waals surface area contributed by atoms with E-state index in [1.807, 2.05) is 12.1 Å². The van der Waals surface area contributed by atoms with Gasteiger partial charge in [-0.2, -0.15) is 0 Å². The molecule has 0 radical (unpaired) electrons. The Morgan fingerprint density at radius 1 is 1.31 bits per heavy atom. The van der Waals surface area contributed by atoms with Crippen molar-refractivity contribution in [3.8, 4) is 11.6 Å². The van der Waals surface area contributed by atoms with Crippen molar-refractivity contribution >= 4 is 21.6 Å². The highest BCUT2D eigenvalue weighted by Crippen LogP contribution is 2.23. The first-order valence-corrected chi connectivity index (χ1v) is 5.22. The molecule has 0 bridgehead atoms. The number of ether oxygens (including phenoxy) is 1. The van der Waals surface area contributed by atoms with Crippen molar-refractivity contribution in [2.75, 3.05) is 5.73 Å². The highest BCUT2D eigenvalue weighted by atomic mass is 79.9. The van der Waals surface area contributed by atoms with Gasteiger partial charge < -0.3 is 15.5 Å². The number of halogens is 1. The van der Waals surface area contributed by atoms with Crippen LogP contribution in [0.15, 0.2) is 39.9 Å². The quantitative estimate of drug-likeness (QED) is 0.881. The Hall–Kier alpha value is -1.82. The Morgan fingerprint density at radius 2 is 2.00 bits per heavy atom. The molecule has 0 amide bonds. The van der Waals surface area contributed by atoms with E-state index < -0.39 is 5.56 Å². The molecule has 3 N–H and O–H groups in total. The molecule has 1 aromatic carbocycles. The summed E-state index contributed by atoms with van der Waals surface area (Å²) in [5.74, 6) is 0.666. The van der Waals surface area contributed by atoms with Crippen molar-refractivity contribution in [3.63, 3.8) is 0 Å². The zero-order valence-electron chi connectivity index (χ0n) is 8.11. The SMILES string of the molecule is Nc1c(Oc2ccc(Br)cc2)nc[nH]c1=O. The molecule has 0 aliphatic carbocycles. The molecule has 2 rings (SSSR count). The molecule has 0 aliphatic heterocycles. The van der Waals surface area contributed by atoms with E-state index in [1.54, 1.807) is 12.1 Å². The van der Waals surface area contributed by atoms with E-state index >= 15 is 0 Å². The smallest absolute Gasteiger partial charge is 0.277 e. The van der Waals surface area contributed by atoms with Crippen LogP contribution in [0, 0.1) is 0 Å². The Kier molecular flexibility index (Phi) is 2.91. The molecule has 0 saturated carbocycles. The molecule has 0 spiro atoms. The third kappa shape index (κ3) is 2.22. The highest BCUT2D eigenvalue weighted by Gasteiger charge is 2.06. The molecule has 6 heteroatoms. The van der Waals surface area contributed by atoms with Gasteiger partial charge in [0.25, 0.3) is 5.56 Å². The van der Waals surface area contributed by atoms with Gasteiger partial charge in [0.15, 0.2) is 5.69 Å². The van der Waals surface area contributed by atoms with Crippen LogP contribution in [0.3, 0.4) is 0 Å². The maximum absolute atomic E-state index is 11.2. The van der Waals surface area contributed by atoms with Gasteiger partial charge in [0, 0.05) is 4.47 Å². The minimum Gasteiger partial charge on any atom is -0.437 e. The van der Waals surface area contributed by atoms with Crippen molar-refractivity contribution in [1.29, 1.82) is 0 Å². The van der Waals surface area contributed by atoms with Crippen LogP contribution in [-0.4, -0.2) is 9.97 Å². The Balaban J connectivity index is 2.30. The molecule has 0 saturated heterocycles. The summed E-state index contributed by atoms with van der Waals surface area (Å²) in [4.78, 5) is 17.4. The summed E-state index contributed by atoms with van der Waals surface area (Å²) < 4.78 is 6.30. The molecule has 0 unspecified atom stereocenters. The van der Waals surface area contributed by atoms with E-state index in [4.69, 9.17) is 10.5 Å². The van der Waals surface area contributed by atoms with Crippen molar-refractivity contribution in [3.05, 3.63) is 45.4 Å². The number of aromatic nitrogens is 2. The number of benzene rings is 1. The van der Waals surface area contributed by atoms with Crippen molar-refractivity contribution in [2.45, 2.75) is 0 Å². The zero-order valence-corrected chi connectivity index (χ0v) is 9.69. The lowest BCUT2D eigenvalue weighted by molar-refractivity contribution is 0.463. The summed E-state index contributed by atoms with van der Waals surface area (Å²) in [5.41, 5.74) is 5.07. The van der Waals surface area contributed by atoms with E-state index in [-0.39, 0.29) is 11.6 Å². The number of aromatic amines is 1. The summed E-state index contributed by atoms with van der Waals surface area (Å²) in [6.07, 6.45) is 1.24. The fourth-order valence-electron chi connectivity index (χ4n) is 1.09. The summed E-state index contributed by atoms with van der Waals surface area (Å²) in [5, 5.41) is 0. The van der Waals surface area contributed by atoms with E-state index in [0.717, 1.165) is 4.47 Å². The summed E-state index contributed by atoms with van der Waals surface area (Å²) in [6.45, 7) is 0. The fourth-order valence-corrected chi connectivity index (χ4v) is 1.35. The Bertz CT molecular complexity index is 551. The molecule has 0 fully saturated rings. The predicted octanol–water partition coefficient (Wildman–Crippen LogP) is 1.91. The van der Waals surface area contributed by atoms with Crippen LogP contribution in [0.25, 0.3) is 0 Å². The predicted molar refractivity (Wildman–Crippen MR) is 63.5 cm³/mol. The molecular formula is C10H8BrN3O2. The van der Waals surface area contributed by atoms with Gasteiger partial charge in [-0.1, -0.05) is 15.9 Å². The molecule has 82 valence electrons. The van der Waals surface area contributed by atoms with Crippen LogP contribution in [0.2, 0.25) is 0 Å². The first kappa shape index (κ1) is 10.7. The van der Waals surface area contributed by atoms with E-state index in [2.05, 4.69) is 25.9 Å². The van der Waals surface area contributed by atoms with Crippen LogP contribution in [0.1, 0.15) is 0 Å². The average Bonchev–Trinajstić information content (AvgIpc) is 2.28. The van der Waals surface area contributed by atoms with E-state index in [9.17, 15) is 4.79 Å². The van der Waals surface area contributed by atoms with Crippen LogP contribution >= 0.6 is 15.9 Å².